The van der Waals surface area contributed by atoms with Gasteiger partial charge in [0.05, 0.1) is 16.6 Å². The van der Waals surface area contributed by atoms with Gasteiger partial charge in [0.2, 0.25) is 0 Å². The fourth-order valence-corrected chi connectivity index (χ4v) is 2.64. The predicted molar refractivity (Wildman–Crippen MR) is 81.8 cm³/mol. The molecule has 0 saturated heterocycles. The molecule has 0 amide bonds. The van der Waals surface area contributed by atoms with E-state index in [1.807, 2.05) is 20.2 Å². The van der Waals surface area contributed by atoms with Crippen molar-refractivity contribution in [1.29, 1.82) is 0 Å². The lowest BCUT2D eigenvalue weighted by molar-refractivity contribution is 0.0698. The number of carboxylic acids is 1. The van der Waals surface area contributed by atoms with Crippen molar-refractivity contribution in [3.8, 4) is 0 Å². The number of aromatic carboxylic acids is 1. The van der Waals surface area contributed by atoms with Crippen molar-refractivity contribution in [2.24, 2.45) is 0 Å². The minimum Gasteiger partial charge on any atom is -0.478 e. The highest BCUT2D eigenvalue weighted by atomic mass is 16.4. The third kappa shape index (κ3) is 2.53. The van der Waals surface area contributed by atoms with Crippen molar-refractivity contribution in [3.63, 3.8) is 0 Å². The molecule has 1 aromatic carbocycles. The summed E-state index contributed by atoms with van der Waals surface area (Å²) in [6, 6.07) is 5.67. The highest BCUT2D eigenvalue weighted by Gasteiger charge is 2.31. The van der Waals surface area contributed by atoms with Crippen molar-refractivity contribution >= 4 is 17.0 Å². The molecule has 5 nitrogen and oxygen atoms in total. The Bertz CT molecular complexity index is 686. The van der Waals surface area contributed by atoms with E-state index in [1.54, 1.807) is 12.1 Å². The Labute approximate surface area is 124 Å². The van der Waals surface area contributed by atoms with Crippen LogP contribution in [0.5, 0.6) is 0 Å². The molecule has 1 N–H and O–H groups in total. The standard InChI is InChI=1S/C16H21N3O2/c1-10(18(2)3)9-19-14-12(16(20)21)5-4-6-13(14)17-15(19)11-7-8-11/h4-6,10-11H,7-9H2,1-3H3,(H,20,21). The summed E-state index contributed by atoms with van der Waals surface area (Å²) in [4.78, 5) is 18.4. The van der Waals surface area contributed by atoms with Gasteiger partial charge in [0.15, 0.2) is 0 Å². The molecular weight excluding hydrogens is 266 g/mol. The van der Waals surface area contributed by atoms with Crippen molar-refractivity contribution in [2.45, 2.75) is 38.3 Å². The third-order valence-electron chi connectivity index (χ3n) is 4.30. The highest BCUT2D eigenvalue weighted by Crippen LogP contribution is 2.41. The van der Waals surface area contributed by atoms with Gasteiger partial charge >= 0.3 is 5.97 Å². The van der Waals surface area contributed by atoms with Crippen molar-refractivity contribution in [1.82, 2.24) is 14.5 Å². The zero-order valence-corrected chi connectivity index (χ0v) is 12.7. The Morgan fingerprint density at radius 3 is 2.76 bits per heavy atom. The van der Waals surface area contributed by atoms with E-state index in [0.29, 0.717) is 17.5 Å². The van der Waals surface area contributed by atoms with E-state index in [-0.39, 0.29) is 0 Å². The van der Waals surface area contributed by atoms with Gasteiger partial charge < -0.3 is 14.6 Å². The van der Waals surface area contributed by atoms with Crippen LogP contribution < -0.4 is 0 Å². The average molecular weight is 287 g/mol. The molecule has 1 aliphatic carbocycles. The molecule has 112 valence electrons. The third-order valence-corrected chi connectivity index (χ3v) is 4.30. The molecule has 1 heterocycles. The molecule has 1 aliphatic rings. The Morgan fingerprint density at radius 2 is 2.19 bits per heavy atom. The predicted octanol–water partition coefficient (Wildman–Crippen LogP) is 2.56. The smallest absolute Gasteiger partial charge is 0.337 e. The zero-order valence-electron chi connectivity index (χ0n) is 12.7. The SMILES string of the molecule is CC(Cn1c(C2CC2)nc2cccc(C(=O)O)c21)N(C)C. The summed E-state index contributed by atoms with van der Waals surface area (Å²) < 4.78 is 2.13. The van der Waals surface area contributed by atoms with Gasteiger partial charge in [-0.15, -0.1) is 0 Å². The van der Waals surface area contributed by atoms with E-state index in [9.17, 15) is 9.90 Å². The van der Waals surface area contributed by atoms with E-state index in [4.69, 9.17) is 4.98 Å². The van der Waals surface area contributed by atoms with E-state index in [1.165, 1.54) is 0 Å². The molecule has 1 fully saturated rings. The molecule has 0 spiro atoms. The maximum atomic E-state index is 11.5. The summed E-state index contributed by atoms with van der Waals surface area (Å²) in [6.45, 7) is 2.91. The Morgan fingerprint density at radius 1 is 1.48 bits per heavy atom. The minimum absolute atomic E-state index is 0.321. The van der Waals surface area contributed by atoms with Crippen molar-refractivity contribution in [2.75, 3.05) is 14.1 Å². The number of hydrogen-bond donors (Lipinski definition) is 1. The highest BCUT2D eigenvalue weighted by molar-refractivity contribution is 6.01. The fourth-order valence-electron chi connectivity index (χ4n) is 2.64. The first-order valence-corrected chi connectivity index (χ1v) is 7.38. The topological polar surface area (TPSA) is 58.4 Å². The van der Waals surface area contributed by atoms with Crippen LogP contribution in [0.4, 0.5) is 0 Å². The summed E-state index contributed by atoms with van der Waals surface area (Å²) in [5.41, 5.74) is 1.90. The molecule has 21 heavy (non-hydrogen) atoms. The molecule has 0 bridgehead atoms. The first-order valence-electron chi connectivity index (χ1n) is 7.38. The second-order valence-corrected chi connectivity index (χ2v) is 6.15. The summed E-state index contributed by atoms with van der Waals surface area (Å²) >= 11 is 0. The van der Waals surface area contributed by atoms with E-state index in [2.05, 4.69) is 16.4 Å². The first kappa shape index (κ1) is 14.1. The van der Waals surface area contributed by atoms with Crippen molar-refractivity contribution in [3.05, 3.63) is 29.6 Å². The molecule has 2 aromatic rings. The lowest BCUT2D eigenvalue weighted by atomic mass is 10.1. The van der Waals surface area contributed by atoms with Crippen LogP contribution in [0.2, 0.25) is 0 Å². The van der Waals surface area contributed by atoms with Gasteiger partial charge in [-0.05, 0) is 46.0 Å². The van der Waals surface area contributed by atoms with E-state index < -0.39 is 5.97 Å². The van der Waals surface area contributed by atoms with Crippen LogP contribution in [0.3, 0.4) is 0 Å². The zero-order chi connectivity index (χ0) is 15.1. The normalized spacial score (nSPS) is 16.6. The summed E-state index contributed by atoms with van der Waals surface area (Å²) in [7, 11) is 4.08. The van der Waals surface area contributed by atoms with Crippen LogP contribution in [0, 0.1) is 0 Å². The van der Waals surface area contributed by atoms with Gasteiger partial charge in [0, 0.05) is 18.5 Å². The number of benzene rings is 1. The maximum Gasteiger partial charge on any atom is 0.337 e. The lowest BCUT2D eigenvalue weighted by Crippen LogP contribution is -2.30. The van der Waals surface area contributed by atoms with Gasteiger partial charge in [-0.3, -0.25) is 0 Å². The van der Waals surface area contributed by atoms with Gasteiger partial charge in [-0.2, -0.15) is 0 Å². The van der Waals surface area contributed by atoms with Crippen LogP contribution in [0.1, 0.15) is 41.9 Å². The molecule has 1 saturated carbocycles. The molecule has 1 aromatic heterocycles. The number of imidazole rings is 1. The Hall–Kier alpha value is -1.88. The summed E-state index contributed by atoms with van der Waals surface area (Å²) in [5, 5.41) is 9.46. The van der Waals surface area contributed by atoms with Crippen molar-refractivity contribution < 1.29 is 9.90 Å². The van der Waals surface area contributed by atoms with Gasteiger partial charge in [0.25, 0.3) is 0 Å². The minimum atomic E-state index is -0.887. The van der Waals surface area contributed by atoms with E-state index >= 15 is 0 Å². The average Bonchev–Trinajstić information content (AvgIpc) is 3.21. The number of carboxylic acid groups (broad SMARTS) is 1. The van der Waals surface area contributed by atoms with Gasteiger partial charge in [-0.25, -0.2) is 9.78 Å². The molecule has 1 atom stereocenters. The number of likely N-dealkylation sites (N-methyl/N-ethyl adjacent to an activating group) is 1. The quantitative estimate of drug-likeness (QED) is 0.918. The molecule has 0 aliphatic heterocycles. The second-order valence-electron chi connectivity index (χ2n) is 6.15. The second kappa shape index (κ2) is 5.15. The molecular formula is C16H21N3O2. The lowest BCUT2D eigenvalue weighted by Gasteiger charge is -2.22. The Balaban J connectivity index is 2.17. The van der Waals surface area contributed by atoms with Crippen LogP contribution in [-0.4, -0.2) is 45.7 Å². The number of carbonyl (C=O) groups is 1. The van der Waals surface area contributed by atoms with Gasteiger partial charge in [-0.1, -0.05) is 6.07 Å². The molecule has 3 rings (SSSR count). The largest absolute Gasteiger partial charge is 0.478 e. The number of aromatic nitrogens is 2. The monoisotopic (exact) mass is 287 g/mol. The van der Waals surface area contributed by atoms with Crippen LogP contribution in [0.15, 0.2) is 18.2 Å². The van der Waals surface area contributed by atoms with Gasteiger partial charge in [0.1, 0.15) is 5.82 Å². The molecule has 5 heteroatoms. The molecule has 1 unspecified atom stereocenters. The summed E-state index contributed by atoms with van der Waals surface area (Å²) in [5.74, 6) is 0.655. The first-order chi connectivity index (χ1) is 9.99. The number of rotatable bonds is 5. The number of hydrogen-bond acceptors (Lipinski definition) is 3. The maximum absolute atomic E-state index is 11.5. The number of fused-ring (bicyclic) bond motifs is 1. The number of para-hydroxylation sites is 1. The van der Waals surface area contributed by atoms with Crippen LogP contribution >= 0.6 is 0 Å². The van der Waals surface area contributed by atoms with E-state index in [0.717, 1.165) is 36.2 Å². The Kier molecular flexibility index (Phi) is 3.45. The summed E-state index contributed by atoms with van der Waals surface area (Å²) in [6.07, 6.45) is 2.31. The van der Waals surface area contributed by atoms with Crippen LogP contribution in [-0.2, 0) is 6.54 Å². The molecule has 0 radical (unpaired) electrons. The van der Waals surface area contributed by atoms with Crippen LogP contribution in [0.25, 0.3) is 11.0 Å². The number of nitrogens with zero attached hydrogens (tertiary/aromatic N) is 3. The fraction of sp³-hybridized carbons (Fsp3) is 0.500.